The number of likely N-dealkylation sites (tertiary alicyclic amines) is 2. The number of aliphatic hydroxyl groups excluding tert-OH is 1. The molecule has 24 heavy (non-hydrogen) atoms. The van der Waals surface area contributed by atoms with Crippen LogP contribution in [-0.4, -0.2) is 64.5 Å². The highest BCUT2D eigenvalue weighted by Gasteiger charge is 2.41. The first kappa shape index (κ1) is 17.0. The number of hydrogen-bond donors (Lipinski definition) is 2. The summed E-state index contributed by atoms with van der Waals surface area (Å²) in [5.41, 5.74) is 1.82. The van der Waals surface area contributed by atoms with Gasteiger partial charge in [-0.2, -0.15) is 0 Å². The number of aryl methyl sites for hydroxylation is 1. The van der Waals surface area contributed by atoms with Gasteiger partial charge in [-0.15, -0.1) is 0 Å². The van der Waals surface area contributed by atoms with Crippen molar-refractivity contribution < 1.29 is 14.7 Å². The van der Waals surface area contributed by atoms with Crippen LogP contribution in [-0.2, 0) is 4.79 Å². The summed E-state index contributed by atoms with van der Waals surface area (Å²) in [6.07, 6.45) is 5.86. The minimum Gasteiger partial charge on any atom is -0.396 e. The molecule has 2 aliphatic rings. The Morgan fingerprint density at radius 3 is 2.71 bits per heavy atom. The maximum absolute atomic E-state index is 12.6. The van der Waals surface area contributed by atoms with Crippen LogP contribution in [0.2, 0.25) is 0 Å². The van der Waals surface area contributed by atoms with E-state index in [0.717, 1.165) is 50.2 Å². The van der Waals surface area contributed by atoms with Crippen molar-refractivity contribution in [1.29, 1.82) is 0 Å². The summed E-state index contributed by atoms with van der Waals surface area (Å²) in [5.74, 6) is 0.308. The molecule has 2 saturated heterocycles. The molecule has 1 spiro atoms. The van der Waals surface area contributed by atoms with E-state index >= 15 is 0 Å². The summed E-state index contributed by atoms with van der Waals surface area (Å²) in [6, 6.07) is 1.85. The Morgan fingerprint density at radius 2 is 2.08 bits per heavy atom. The van der Waals surface area contributed by atoms with Crippen LogP contribution in [0.5, 0.6) is 0 Å². The minimum atomic E-state index is 0.104. The number of aromatic amines is 1. The minimum absolute atomic E-state index is 0.104. The summed E-state index contributed by atoms with van der Waals surface area (Å²) < 4.78 is 0. The smallest absolute Gasteiger partial charge is 0.255 e. The van der Waals surface area contributed by atoms with Crippen LogP contribution in [0.25, 0.3) is 0 Å². The van der Waals surface area contributed by atoms with Crippen LogP contribution in [0.15, 0.2) is 12.3 Å². The molecule has 2 fully saturated rings. The first-order valence-electron chi connectivity index (χ1n) is 8.87. The Bertz CT molecular complexity index is 602. The van der Waals surface area contributed by atoms with Crippen molar-refractivity contribution in [2.24, 2.45) is 5.41 Å². The molecule has 2 amide bonds. The molecule has 2 N–H and O–H groups in total. The molecule has 0 aliphatic carbocycles. The van der Waals surface area contributed by atoms with Crippen molar-refractivity contribution in [3.8, 4) is 0 Å². The van der Waals surface area contributed by atoms with Crippen LogP contribution >= 0.6 is 0 Å². The number of aromatic nitrogens is 1. The molecule has 0 aromatic carbocycles. The number of carbonyl (C=O) groups is 2. The highest BCUT2D eigenvalue weighted by Crippen LogP contribution is 2.40. The highest BCUT2D eigenvalue weighted by atomic mass is 16.3. The number of amides is 2. The predicted octanol–water partition coefficient (Wildman–Crippen LogP) is 1.55. The largest absolute Gasteiger partial charge is 0.396 e. The number of hydrogen-bond acceptors (Lipinski definition) is 3. The van der Waals surface area contributed by atoms with E-state index in [1.165, 1.54) is 0 Å². The molecule has 2 aliphatic heterocycles. The van der Waals surface area contributed by atoms with Gasteiger partial charge >= 0.3 is 0 Å². The lowest BCUT2D eigenvalue weighted by Gasteiger charge is -2.47. The first-order valence-corrected chi connectivity index (χ1v) is 8.87. The molecule has 0 saturated carbocycles. The van der Waals surface area contributed by atoms with Crippen molar-refractivity contribution in [2.45, 2.75) is 39.0 Å². The number of carbonyl (C=O) groups excluding carboxylic acids is 2. The average molecular weight is 333 g/mol. The van der Waals surface area contributed by atoms with Gasteiger partial charge in [0.05, 0.1) is 5.56 Å². The number of aliphatic hydroxyl groups is 1. The summed E-state index contributed by atoms with van der Waals surface area (Å²) in [7, 11) is 0. The van der Waals surface area contributed by atoms with Gasteiger partial charge in [-0.05, 0) is 44.1 Å². The van der Waals surface area contributed by atoms with Gasteiger partial charge < -0.3 is 19.9 Å². The summed E-state index contributed by atoms with van der Waals surface area (Å²) in [4.78, 5) is 31.6. The average Bonchev–Trinajstić information content (AvgIpc) is 3.02. The SMILES string of the molecule is Cc1[nH]ccc1C(=O)N1CCC2(CCC(=O)N(CCCO)C2)CC1. The van der Waals surface area contributed by atoms with E-state index in [1.807, 2.05) is 22.8 Å². The topological polar surface area (TPSA) is 76.6 Å². The van der Waals surface area contributed by atoms with Crippen LogP contribution in [0.4, 0.5) is 0 Å². The molecule has 3 rings (SSSR count). The third-order valence-electron chi connectivity index (χ3n) is 5.63. The van der Waals surface area contributed by atoms with E-state index in [1.54, 1.807) is 6.20 Å². The molecule has 132 valence electrons. The molecule has 0 atom stereocenters. The molecule has 0 radical (unpaired) electrons. The van der Waals surface area contributed by atoms with E-state index in [0.29, 0.717) is 19.4 Å². The van der Waals surface area contributed by atoms with E-state index < -0.39 is 0 Å². The third-order valence-corrected chi connectivity index (χ3v) is 5.63. The lowest BCUT2D eigenvalue weighted by molar-refractivity contribution is -0.139. The molecule has 0 bridgehead atoms. The monoisotopic (exact) mass is 333 g/mol. The second kappa shape index (κ2) is 6.97. The molecular formula is C18H27N3O3. The fourth-order valence-electron chi connectivity index (χ4n) is 4.01. The van der Waals surface area contributed by atoms with Crippen molar-refractivity contribution in [3.05, 3.63) is 23.5 Å². The maximum atomic E-state index is 12.6. The van der Waals surface area contributed by atoms with Crippen LogP contribution < -0.4 is 0 Å². The zero-order chi connectivity index (χ0) is 17.2. The van der Waals surface area contributed by atoms with Crippen molar-refractivity contribution in [1.82, 2.24) is 14.8 Å². The Labute approximate surface area is 142 Å². The molecule has 6 heteroatoms. The fourth-order valence-corrected chi connectivity index (χ4v) is 4.01. The Morgan fingerprint density at radius 1 is 1.33 bits per heavy atom. The van der Waals surface area contributed by atoms with E-state index in [-0.39, 0.29) is 23.8 Å². The van der Waals surface area contributed by atoms with E-state index in [2.05, 4.69) is 4.98 Å². The standard InChI is InChI=1S/C18H27N3O3/c1-14-15(4-8-19-14)17(24)20-10-6-18(7-11-20)5-3-16(23)21(13-18)9-2-12-22/h4,8,19,22H,2-3,5-7,9-13H2,1H3. The second-order valence-corrected chi connectivity index (χ2v) is 7.20. The van der Waals surface area contributed by atoms with E-state index in [9.17, 15) is 9.59 Å². The molecule has 1 aromatic rings. The lowest BCUT2D eigenvalue weighted by atomic mass is 9.72. The lowest BCUT2D eigenvalue weighted by Crippen LogP contribution is -2.52. The predicted molar refractivity (Wildman–Crippen MR) is 90.6 cm³/mol. The number of rotatable bonds is 4. The molecule has 0 unspecified atom stereocenters. The van der Waals surface area contributed by atoms with Crippen molar-refractivity contribution in [3.63, 3.8) is 0 Å². The van der Waals surface area contributed by atoms with Crippen molar-refractivity contribution >= 4 is 11.8 Å². The Balaban J connectivity index is 1.60. The Hall–Kier alpha value is -1.82. The third kappa shape index (κ3) is 3.34. The molecule has 1 aromatic heterocycles. The molecule has 3 heterocycles. The van der Waals surface area contributed by atoms with Gasteiger partial charge in [-0.3, -0.25) is 9.59 Å². The van der Waals surface area contributed by atoms with Gasteiger partial charge in [0.15, 0.2) is 0 Å². The molecular weight excluding hydrogens is 306 g/mol. The fraction of sp³-hybridized carbons (Fsp3) is 0.667. The van der Waals surface area contributed by atoms with Crippen LogP contribution in [0, 0.1) is 12.3 Å². The quantitative estimate of drug-likeness (QED) is 0.878. The van der Waals surface area contributed by atoms with Gasteiger partial charge in [-0.25, -0.2) is 0 Å². The zero-order valence-corrected chi connectivity index (χ0v) is 14.4. The van der Waals surface area contributed by atoms with Gasteiger partial charge in [0.25, 0.3) is 5.91 Å². The van der Waals surface area contributed by atoms with Crippen LogP contribution in [0.1, 0.15) is 48.2 Å². The van der Waals surface area contributed by atoms with Crippen LogP contribution in [0.3, 0.4) is 0 Å². The number of nitrogens with zero attached hydrogens (tertiary/aromatic N) is 2. The van der Waals surface area contributed by atoms with E-state index in [4.69, 9.17) is 5.11 Å². The zero-order valence-electron chi connectivity index (χ0n) is 14.4. The van der Waals surface area contributed by atoms with Gasteiger partial charge in [0.2, 0.25) is 5.91 Å². The van der Waals surface area contributed by atoms with Crippen molar-refractivity contribution in [2.75, 3.05) is 32.8 Å². The maximum Gasteiger partial charge on any atom is 0.255 e. The highest BCUT2D eigenvalue weighted by molar-refractivity contribution is 5.95. The summed E-state index contributed by atoms with van der Waals surface area (Å²) >= 11 is 0. The number of nitrogens with one attached hydrogen (secondary N) is 1. The summed E-state index contributed by atoms with van der Waals surface area (Å²) in [5, 5.41) is 9.01. The normalized spacial score (nSPS) is 20.7. The second-order valence-electron chi connectivity index (χ2n) is 7.20. The number of piperidine rings is 2. The van der Waals surface area contributed by atoms with Gasteiger partial charge in [0, 0.05) is 51.1 Å². The molecule has 6 nitrogen and oxygen atoms in total. The summed E-state index contributed by atoms with van der Waals surface area (Å²) in [6.45, 7) is 4.97. The number of H-pyrrole nitrogens is 1. The van der Waals surface area contributed by atoms with Gasteiger partial charge in [-0.1, -0.05) is 0 Å². The Kier molecular flexibility index (Phi) is 4.94. The van der Waals surface area contributed by atoms with Gasteiger partial charge in [0.1, 0.15) is 0 Å². The first-order chi connectivity index (χ1) is 11.5.